The fraction of sp³-hybridized carbons (Fsp3) is 0.500. The van der Waals surface area contributed by atoms with E-state index in [1.54, 1.807) is 0 Å². The molecular weight excluding hydrogens is 304 g/mol. The summed E-state index contributed by atoms with van der Waals surface area (Å²) in [6.45, 7) is 4.09. The van der Waals surface area contributed by atoms with E-state index in [0.717, 1.165) is 48.7 Å². The Balaban J connectivity index is 1.52. The standard InChI is InChI=1S/C18H24N4O2/c1-13-7-8-15-14(12-13)17(21-20-15)18(24)19-9-5-11-22-10-4-2-3-6-16(22)23/h7-8,12H,2-6,9-11H2,1H3,(H,19,24)(H,20,21). The largest absolute Gasteiger partial charge is 0.351 e. The number of nitrogens with one attached hydrogen (secondary N) is 2. The third-order valence-electron chi connectivity index (χ3n) is 4.50. The van der Waals surface area contributed by atoms with E-state index in [1.807, 2.05) is 30.0 Å². The predicted molar refractivity (Wildman–Crippen MR) is 92.8 cm³/mol. The fourth-order valence-corrected chi connectivity index (χ4v) is 3.13. The highest BCUT2D eigenvalue weighted by Crippen LogP contribution is 2.17. The molecule has 1 aliphatic rings. The SMILES string of the molecule is Cc1ccc2[nH]nc(C(=O)NCCCN3CCCCCC3=O)c2c1. The molecule has 1 aromatic carbocycles. The van der Waals surface area contributed by atoms with E-state index in [0.29, 0.717) is 25.2 Å². The van der Waals surface area contributed by atoms with Crippen molar-refractivity contribution in [3.05, 3.63) is 29.5 Å². The van der Waals surface area contributed by atoms with Crippen LogP contribution in [0.5, 0.6) is 0 Å². The number of aromatic amines is 1. The van der Waals surface area contributed by atoms with Crippen LogP contribution in [0.25, 0.3) is 10.9 Å². The van der Waals surface area contributed by atoms with E-state index < -0.39 is 0 Å². The number of carbonyl (C=O) groups is 2. The van der Waals surface area contributed by atoms with Crippen LogP contribution in [0.15, 0.2) is 18.2 Å². The van der Waals surface area contributed by atoms with Crippen LogP contribution in [-0.4, -0.2) is 46.5 Å². The van der Waals surface area contributed by atoms with E-state index in [1.165, 1.54) is 0 Å². The van der Waals surface area contributed by atoms with Gasteiger partial charge < -0.3 is 10.2 Å². The number of benzene rings is 1. The first-order valence-electron chi connectivity index (χ1n) is 8.66. The van der Waals surface area contributed by atoms with Gasteiger partial charge in [-0.3, -0.25) is 14.7 Å². The molecule has 24 heavy (non-hydrogen) atoms. The summed E-state index contributed by atoms with van der Waals surface area (Å²) in [6, 6.07) is 5.88. The first kappa shape index (κ1) is 16.5. The second-order valence-corrected chi connectivity index (χ2v) is 6.42. The molecule has 1 fully saturated rings. The monoisotopic (exact) mass is 328 g/mol. The number of nitrogens with zero attached hydrogens (tertiary/aromatic N) is 2. The highest BCUT2D eigenvalue weighted by molar-refractivity contribution is 6.04. The Morgan fingerprint density at radius 2 is 2.21 bits per heavy atom. The Morgan fingerprint density at radius 1 is 1.33 bits per heavy atom. The molecule has 2 N–H and O–H groups in total. The third-order valence-corrected chi connectivity index (χ3v) is 4.50. The summed E-state index contributed by atoms with van der Waals surface area (Å²) in [5.74, 6) is 0.0710. The smallest absolute Gasteiger partial charge is 0.272 e. The lowest BCUT2D eigenvalue weighted by Gasteiger charge is -2.20. The number of H-pyrrole nitrogens is 1. The van der Waals surface area contributed by atoms with Crippen LogP contribution in [0.3, 0.4) is 0 Å². The molecule has 6 nitrogen and oxygen atoms in total. The molecule has 0 bridgehead atoms. The van der Waals surface area contributed by atoms with Crippen molar-refractivity contribution in [3.8, 4) is 0 Å². The summed E-state index contributed by atoms with van der Waals surface area (Å²) in [5.41, 5.74) is 2.39. The number of fused-ring (bicyclic) bond motifs is 1. The van der Waals surface area contributed by atoms with Gasteiger partial charge in [-0.1, -0.05) is 18.1 Å². The predicted octanol–water partition coefficient (Wildman–Crippen LogP) is 2.39. The average molecular weight is 328 g/mol. The zero-order chi connectivity index (χ0) is 16.9. The third kappa shape index (κ3) is 3.75. The summed E-state index contributed by atoms with van der Waals surface area (Å²) in [5, 5.41) is 10.8. The van der Waals surface area contributed by atoms with Gasteiger partial charge in [0.05, 0.1) is 5.52 Å². The molecule has 2 heterocycles. The van der Waals surface area contributed by atoms with Crippen LogP contribution in [0.1, 0.15) is 48.2 Å². The fourth-order valence-electron chi connectivity index (χ4n) is 3.13. The normalized spacial score (nSPS) is 15.5. The molecule has 0 atom stereocenters. The molecule has 0 spiro atoms. The Hall–Kier alpha value is -2.37. The second-order valence-electron chi connectivity index (χ2n) is 6.42. The summed E-state index contributed by atoms with van der Waals surface area (Å²) in [6.07, 6.45) is 4.63. The molecule has 1 aromatic heterocycles. The number of hydrogen-bond acceptors (Lipinski definition) is 3. The van der Waals surface area contributed by atoms with E-state index in [2.05, 4.69) is 15.5 Å². The van der Waals surface area contributed by atoms with Gasteiger partial charge in [-0.2, -0.15) is 5.10 Å². The molecular formula is C18H24N4O2. The maximum Gasteiger partial charge on any atom is 0.272 e. The summed E-state index contributed by atoms with van der Waals surface area (Å²) < 4.78 is 0. The van der Waals surface area contributed by atoms with Gasteiger partial charge in [0.25, 0.3) is 5.91 Å². The molecule has 128 valence electrons. The lowest BCUT2D eigenvalue weighted by Crippen LogP contribution is -2.34. The minimum Gasteiger partial charge on any atom is -0.351 e. The second kappa shape index (κ2) is 7.47. The maximum absolute atomic E-state index is 12.3. The zero-order valence-corrected chi connectivity index (χ0v) is 14.1. The molecule has 0 unspecified atom stereocenters. The van der Waals surface area contributed by atoms with Crippen LogP contribution in [0, 0.1) is 6.92 Å². The number of rotatable bonds is 5. The molecule has 1 saturated heterocycles. The van der Waals surface area contributed by atoms with Crippen molar-refractivity contribution in [3.63, 3.8) is 0 Å². The summed E-state index contributed by atoms with van der Waals surface area (Å²) in [4.78, 5) is 26.2. The van der Waals surface area contributed by atoms with Crippen molar-refractivity contribution in [2.45, 2.75) is 39.0 Å². The molecule has 0 radical (unpaired) electrons. The number of aromatic nitrogens is 2. The van der Waals surface area contributed by atoms with E-state index in [4.69, 9.17) is 0 Å². The number of hydrogen-bond donors (Lipinski definition) is 2. The van der Waals surface area contributed by atoms with E-state index in [-0.39, 0.29) is 11.8 Å². The topological polar surface area (TPSA) is 78.1 Å². The minimum absolute atomic E-state index is 0.172. The van der Waals surface area contributed by atoms with Gasteiger partial charge >= 0.3 is 0 Å². The van der Waals surface area contributed by atoms with Crippen molar-refractivity contribution in [2.75, 3.05) is 19.6 Å². The van der Waals surface area contributed by atoms with Crippen molar-refractivity contribution in [1.82, 2.24) is 20.4 Å². The molecule has 2 aromatic rings. The van der Waals surface area contributed by atoms with Crippen LogP contribution in [0.4, 0.5) is 0 Å². The zero-order valence-electron chi connectivity index (χ0n) is 14.1. The van der Waals surface area contributed by atoms with Crippen molar-refractivity contribution < 1.29 is 9.59 Å². The van der Waals surface area contributed by atoms with Crippen LogP contribution >= 0.6 is 0 Å². The number of likely N-dealkylation sites (tertiary alicyclic amines) is 1. The van der Waals surface area contributed by atoms with Gasteiger partial charge in [0.2, 0.25) is 5.91 Å². The first-order chi connectivity index (χ1) is 11.6. The summed E-state index contributed by atoms with van der Waals surface area (Å²) >= 11 is 0. The van der Waals surface area contributed by atoms with Crippen LogP contribution < -0.4 is 5.32 Å². The van der Waals surface area contributed by atoms with Gasteiger partial charge in [0.1, 0.15) is 0 Å². The van der Waals surface area contributed by atoms with Crippen LogP contribution in [-0.2, 0) is 4.79 Å². The highest BCUT2D eigenvalue weighted by Gasteiger charge is 2.17. The number of aryl methyl sites for hydroxylation is 1. The molecule has 2 amide bonds. The molecule has 6 heteroatoms. The average Bonchev–Trinajstić information content (AvgIpc) is 2.87. The molecule has 1 aliphatic heterocycles. The Morgan fingerprint density at radius 3 is 3.08 bits per heavy atom. The number of amides is 2. The molecule has 0 aliphatic carbocycles. The Labute approximate surface area is 141 Å². The van der Waals surface area contributed by atoms with E-state index in [9.17, 15) is 9.59 Å². The lowest BCUT2D eigenvalue weighted by molar-refractivity contribution is -0.130. The minimum atomic E-state index is -0.172. The number of carbonyl (C=O) groups excluding carboxylic acids is 2. The summed E-state index contributed by atoms with van der Waals surface area (Å²) in [7, 11) is 0. The van der Waals surface area contributed by atoms with Gasteiger partial charge in [0, 0.05) is 31.4 Å². The van der Waals surface area contributed by atoms with Crippen molar-refractivity contribution in [2.24, 2.45) is 0 Å². The van der Waals surface area contributed by atoms with Crippen molar-refractivity contribution in [1.29, 1.82) is 0 Å². The van der Waals surface area contributed by atoms with Crippen molar-refractivity contribution >= 4 is 22.7 Å². The van der Waals surface area contributed by atoms with Crippen LogP contribution in [0.2, 0.25) is 0 Å². The van der Waals surface area contributed by atoms with Gasteiger partial charge in [-0.15, -0.1) is 0 Å². The Bertz CT molecular complexity index is 738. The lowest BCUT2D eigenvalue weighted by atomic mass is 10.1. The first-order valence-corrected chi connectivity index (χ1v) is 8.66. The van der Waals surface area contributed by atoms with Gasteiger partial charge in [-0.05, 0) is 38.3 Å². The Kier molecular flexibility index (Phi) is 5.13. The maximum atomic E-state index is 12.3. The quantitative estimate of drug-likeness (QED) is 0.827. The molecule has 3 rings (SSSR count). The highest BCUT2D eigenvalue weighted by atomic mass is 16.2. The van der Waals surface area contributed by atoms with Gasteiger partial charge in [0.15, 0.2) is 5.69 Å². The molecule has 0 saturated carbocycles. The van der Waals surface area contributed by atoms with E-state index >= 15 is 0 Å². The van der Waals surface area contributed by atoms with Gasteiger partial charge in [-0.25, -0.2) is 0 Å².